The van der Waals surface area contributed by atoms with E-state index in [0.717, 1.165) is 109 Å². The Morgan fingerprint density at radius 1 is 0.426 bits per heavy atom. The molecule has 0 aromatic rings. The normalized spacial score (nSPS) is 13.6. The average Bonchev–Trinajstić information content (AvgIpc) is 3.17. The Kier molecular flexibility index (Phi) is 40.3. The third-order valence-corrected chi connectivity index (χ3v) is 7.94. The summed E-state index contributed by atoms with van der Waals surface area (Å²) in [5.74, 6) is -0.696. The molecule has 0 bridgehead atoms. The SMILES string of the molecule is CC/C=C\C/C=C\C/C=C\C/C=C\C/C=C\C/C=C\CCCCC(=O)OC(CO)COC(=O)CCCCC/C=C\C/C=C\C/C=C\C/C=C\C/C=C\CC. The molecule has 300 valence electrons. The van der Waals surface area contributed by atoms with Gasteiger partial charge in [0.25, 0.3) is 0 Å². The zero-order chi connectivity index (χ0) is 39.3. The van der Waals surface area contributed by atoms with E-state index in [9.17, 15) is 14.7 Å². The molecule has 5 heteroatoms. The van der Waals surface area contributed by atoms with Crippen molar-refractivity contribution in [3.63, 3.8) is 0 Å². The molecule has 0 radical (unpaired) electrons. The van der Waals surface area contributed by atoms with E-state index < -0.39 is 6.10 Å². The smallest absolute Gasteiger partial charge is 0.306 e. The lowest BCUT2D eigenvalue weighted by Crippen LogP contribution is -2.28. The number of allylic oxidation sites excluding steroid dienone is 22. The Hall–Kier alpha value is -3.96. The predicted molar refractivity (Wildman–Crippen MR) is 232 cm³/mol. The van der Waals surface area contributed by atoms with Gasteiger partial charge in [0.2, 0.25) is 0 Å². The van der Waals surface area contributed by atoms with Crippen LogP contribution in [-0.2, 0) is 19.1 Å². The second-order valence-electron chi connectivity index (χ2n) is 12.9. The standard InChI is InChI=1S/C49H74O5/c1-3-5-7-9-11-13-15-17-19-21-23-24-26-28-30-32-34-36-38-40-42-44-49(52)54-47(45-50)46-53-48(51)43-41-39-37-35-33-31-29-27-25-22-20-18-16-14-12-10-8-6-4-2/h5-8,11-14,17-20,23-25,27-28,30-31,33-34,36,47,50H,3-4,9-10,15-16,21-22,26,29,32,35,37-46H2,1-2H3/b7-5-,8-6-,13-11-,14-12-,19-17-,20-18-,24-23-,27-25-,30-28-,33-31-,36-34-. The molecule has 0 spiro atoms. The van der Waals surface area contributed by atoms with Crippen molar-refractivity contribution in [2.24, 2.45) is 0 Å². The molecule has 0 heterocycles. The molecule has 0 aliphatic rings. The number of unbranched alkanes of at least 4 members (excludes halogenated alkanes) is 5. The van der Waals surface area contributed by atoms with Crippen LogP contribution in [0.4, 0.5) is 0 Å². The molecule has 0 aromatic heterocycles. The lowest BCUT2D eigenvalue weighted by molar-refractivity contribution is -0.161. The largest absolute Gasteiger partial charge is 0.462 e. The van der Waals surface area contributed by atoms with E-state index in [-0.39, 0.29) is 31.6 Å². The maximum Gasteiger partial charge on any atom is 0.306 e. The highest BCUT2D eigenvalue weighted by atomic mass is 16.6. The van der Waals surface area contributed by atoms with Crippen LogP contribution < -0.4 is 0 Å². The van der Waals surface area contributed by atoms with E-state index in [1.165, 1.54) is 0 Å². The monoisotopic (exact) mass is 743 g/mol. The molecule has 54 heavy (non-hydrogen) atoms. The van der Waals surface area contributed by atoms with Gasteiger partial charge >= 0.3 is 11.9 Å². The minimum absolute atomic E-state index is 0.111. The highest BCUT2D eigenvalue weighted by molar-refractivity contribution is 5.70. The number of carbonyl (C=O) groups is 2. The van der Waals surface area contributed by atoms with Gasteiger partial charge in [-0.2, -0.15) is 0 Å². The number of aliphatic hydroxyl groups is 1. The maximum atomic E-state index is 12.2. The lowest BCUT2D eigenvalue weighted by Gasteiger charge is -2.15. The zero-order valence-corrected chi connectivity index (χ0v) is 33.9. The fourth-order valence-corrected chi connectivity index (χ4v) is 4.87. The van der Waals surface area contributed by atoms with E-state index in [1.54, 1.807) is 0 Å². The molecule has 0 fully saturated rings. The summed E-state index contributed by atoms with van der Waals surface area (Å²) in [6, 6.07) is 0. The quantitative estimate of drug-likeness (QED) is 0.0398. The second kappa shape index (κ2) is 43.4. The van der Waals surface area contributed by atoms with Gasteiger partial charge in [-0.3, -0.25) is 9.59 Å². The van der Waals surface area contributed by atoms with Gasteiger partial charge in [0, 0.05) is 12.8 Å². The van der Waals surface area contributed by atoms with E-state index in [1.807, 2.05) is 0 Å². The molecule has 0 rings (SSSR count). The molecule has 0 aromatic carbocycles. The Bertz CT molecular complexity index is 1200. The number of hydrogen-bond acceptors (Lipinski definition) is 5. The summed E-state index contributed by atoms with van der Waals surface area (Å²) < 4.78 is 10.6. The molecular formula is C49H74O5. The van der Waals surface area contributed by atoms with Gasteiger partial charge in [0.15, 0.2) is 6.10 Å². The Morgan fingerprint density at radius 3 is 1.11 bits per heavy atom. The van der Waals surface area contributed by atoms with Crippen LogP contribution in [0.3, 0.4) is 0 Å². The summed E-state index contributed by atoms with van der Waals surface area (Å²) in [5.41, 5.74) is 0. The molecule has 1 N–H and O–H groups in total. The number of aliphatic hydroxyl groups excluding tert-OH is 1. The van der Waals surface area contributed by atoms with Gasteiger partial charge in [-0.1, -0.05) is 154 Å². The summed E-state index contributed by atoms with van der Waals surface area (Å²) >= 11 is 0. The van der Waals surface area contributed by atoms with E-state index >= 15 is 0 Å². The predicted octanol–water partition coefficient (Wildman–Crippen LogP) is 13.4. The fraction of sp³-hybridized carbons (Fsp3) is 0.510. The molecule has 0 aliphatic carbocycles. The second-order valence-corrected chi connectivity index (χ2v) is 12.9. The van der Waals surface area contributed by atoms with Gasteiger partial charge in [0.1, 0.15) is 6.61 Å². The Labute approximate surface area is 330 Å². The third-order valence-electron chi connectivity index (χ3n) is 7.94. The molecule has 5 nitrogen and oxygen atoms in total. The fourth-order valence-electron chi connectivity index (χ4n) is 4.87. The average molecular weight is 743 g/mol. The Balaban J connectivity index is 3.77. The van der Waals surface area contributed by atoms with Crippen molar-refractivity contribution in [3.8, 4) is 0 Å². The molecule has 1 atom stereocenters. The zero-order valence-electron chi connectivity index (χ0n) is 33.9. The highest BCUT2D eigenvalue weighted by Crippen LogP contribution is 2.08. The third kappa shape index (κ3) is 40.8. The van der Waals surface area contributed by atoms with Crippen LogP contribution in [0.5, 0.6) is 0 Å². The number of hydrogen-bond donors (Lipinski definition) is 1. The van der Waals surface area contributed by atoms with Crippen molar-refractivity contribution >= 4 is 11.9 Å². The minimum atomic E-state index is -0.819. The first-order chi connectivity index (χ1) is 26.6. The topological polar surface area (TPSA) is 72.8 Å². The summed E-state index contributed by atoms with van der Waals surface area (Å²) in [6.45, 7) is 3.82. The first-order valence-electron chi connectivity index (χ1n) is 20.7. The van der Waals surface area contributed by atoms with E-state index in [0.29, 0.717) is 12.8 Å². The van der Waals surface area contributed by atoms with Crippen molar-refractivity contribution in [2.75, 3.05) is 13.2 Å². The summed E-state index contributed by atoms with van der Waals surface area (Å²) in [7, 11) is 0. The van der Waals surface area contributed by atoms with Gasteiger partial charge in [-0.05, 0) is 109 Å². The first-order valence-corrected chi connectivity index (χ1v) is 20.7. The number of rotatable bonds is 35. The van der Waals surface area contributed by atoms with Crippen molar-refractivity contribution < 1.29 is 24.2 Å². The van der Waals surface area contributed by atoms with Crippen LogP contribution in [0.25, 0.3) is 0 Å². The Morgan fingerprint density at radius 2 is 0.741 bits per heavy atom. The van der Waals surface area contributed by atoms with E-state index in [2.05, 4.69) is 148 Å². The lowest BCUT2D eigenvalue weighted by atomic mass is 10.1. The summed E-state index contributed by atoms with van der Waals surface area (Å²) in [6.07, 6.45) is 65.1. The van der Waals surface area contributed by atoms with Crippen molar-refractivity contribution in [3.05, 3.63) is 134 Å². The van der Waals surface area contributed by atoms with Crippen LogP contribution in [0.15, 0.2) is 134 Å². The van der Waals surface area contributed by atoms with Gasteiger partial charge < -0.3 is 14.6 Å². The number of esters is 2. The molecular weight excluding hydrogens is 669 g/mol. The van der Waals surface area contributed by atoms with Crippen LogP contribution in [0, 0.1) is 0 Å². The van der Waals surface area contributed by atoms with Crippen molar-refractivity contribution in [2.45, 2.75) is 148 Å². The summed E-state index contributed by atoms with van der Waals surface area (Å²) in [4.78, 5) is 24.3. The molecule has 0 saturated carbocycles. The molecule has 0 aliphatic heterocycles. The minimum Gasteiger partial charge on any atom is -0.462 e. The number of carbonyl (C=O) groups excluding carboxylic acids is 2. The van der Waals surface area contributed by atoms with Crippen molar-refractivity contribution in [1.82, 2.24) is 0 Å². The van der Waals surface area contributed by atoms with Gasteiger partial charge in [0.05, 0.1) is 6.61 Å². The van der Waals surface area contributed by atoms with Crippen LogP contribution in [-0.4, -0.2) is 36.4 Å². The van der Waals surface area contributed by atoms with Gasteiger partial charge in [-0.25, -0.2) is 0 Å². The molecule has 0 amide bonds. The summed E-state index contributed by atoms with van der Waals surface area (Å²) in [5, 5.41) is 9.57. The van der Waals surface area contributed by atoms with Crippen LogP contribution in [0.2, 0.25) is 0 Å². The molecule has 0 saturated heterocycles. The number of ether oxygens (including phenoxy) is 2. The maximum absolute atomic E-state index is 12.2. The van der Waals surface area contributed by atoms with Crippen molar-refractivity contribution in [1.29, 1.82) is 0 Å². The van der Waals surface area contributed by atoms with Gasteiger partial charge in [-0.15, -0.1) is 0 Å². The van der Waals surface area contributed by atoms with E-state index in [4.69, 9.17) is 9.47 Å². The first kappa shape index (κ1) is 50.0. The van der Waals surface area contributed by atoms with Crippen LogP contribution in [0.1, 0.15) is 142 Å². The van der Waals surface area contributed by atoms with Crippen LogP contribution >= 0.6 is 0 Å². The highest BCUT2D eigenvalue weighted by Gasteiger charge is 2.16. The molecule has 1 unspecified atom stereocenters.